The Kier molecular flexibility index (Phi) is 4.81. The smallest absolute Gasteiger partial charge is 0.334 e. The average molecular weight is 272 g/mol. The van der Waals surface area contributed by atoms with Crippen LogP contribution in [0.2, 0.25) is 0 Å². The van der Waals surface area contributed by atoms with Crippen LogP contribution in [0.15, 0.2) is 12.1 Å². The fourth-order valence-corrected chi connectivity index (χ4v) is 1.93. The highest BCUT2D eigenvalue weighted by Crippen LogP contribution is 2.21. The molecule has 7 nitrogen and oxygen atoms in total. The summed E-state index contributed by atoms with van der Waals surface area (Å²) >= 11 is 1.06. The van der Waals surface area contributed by atoms with Crippen molar-refractivity contribution in [2.45, 2.75) is 13.0 Å². The maximum atomic E-state index is 11.6. The van der Waals surface area contributed by atoms with Crippen molar-refractivity contribution < 1.29 is 24.6 Å². The number of rotatable bonds is 5. The lowest BCUT2D eigenvalue weighted by Crippen LogP contribution is -2.36. The van der Waals surface area contributed by atoms with E-state index >= 15 is 0 Å². The van der Waals surface area contributed by atoms with Gasteiger partial charge in [-0.25, -0.2) is 4.79 Å². The summed E-state index contributed by atoms with van der Waals surface area (Å²) < 4.78 is 0. The zero-order chi connectivity index (χ0) is 13.7. The third kappa shape index (κ3) is 4.15. The normalized spacial score (nSPS) is 11.7. The van der Waals surface area contributed by atoms with Gasteiger partial charge in [-0.05, 0) is 12.1 Å². The van der Waals surface area contributed by atoms with E-state index in [1.54, 1.807) is 6.07 Å². The molecule has 1 aromatic heterocycles. The van der Waals surface area contributed by atoms with Crippen LogP contribution in [0.25, 0.3) is 0 Å². The highest BCUT2D eigenvalue weighted by atomic mass is 32.1. The minimum absolute atomic E-state index is 0.245. The molecule has 4 N–H and O–H groups in total. The molecule has 0 saturated heterocycles. The van der Waals surface area contributed by atoms with Crippen LogP contribution in [0.4, 0.5) is 5.00 Å². The fraction of sp³-hybridized carbons (Fsp3) is 0.300. The van der Waals surface area contributed by atoms with Gasteiger partial charge in [0, 0.05) is 6.92 Å². The van der Waals surface area contributed by atoms with Crippen LogP contribution in [0.1, 0.15) is 16.6 Å². The Hall–Kier alpha value is -1.93. The van der Waals surface area contributed by atoms with E-state index in [1.165, 1.54) is 13.0 Å². The molecule has 1 rings (SSSR count). The molecule has 0 fully saturated rings. The molecule has 0 spiro atoms. The third-order valence-corrected chi connectivity index (χ3v) is 2.87. The van der Waals surface area contributed by atoms with Gasteiger partial charge in [-0.1, -0.05) is 0 Å². The maximum Gasteiger partial charge on any atom is 0.334 e. The molecular formula is C10H12N2O5S. The average Bonchev–Trinajstić information content (AvgIpc) is 2.72. The summed E-state index contributed by atoms with van der Waals surface area (Å²) in [7, 11) is 0. The summed E-state index contributed by atoms with van der Waals surface area (Å²) in [4.78, 5) is 33.0. The minimum atomic E-state index is -1.64. The number of amides is 2. The molecule has 0 aromatic carbocycles. The lowest BCUT2D eigenvalue weighted by Gasteiger charge is -2.06. The summed E-state index contributed by atoms with van der Waals surface area (Å²) in [6.07, 6.45) is -1.64. The number of thiophene rings is 1. The number of carboxylic acids is 1. The summed E-state index contributed by atoms with van der Waals surface area (Å²) in [6.45, 7) is 0.976. The van der Waals surface area contributed by atoms with E-state index in [1.807, 2.05) is 0 Å². The number of carbonyl (C=O) groups is 3. The van der Waals surface area contributed by atoms with Crippen molar-refractivity contribution in [2.75, 3.05) is 11.9 Å². The minimum Gasteiger partial charge on any atom is -0.479 e. The summed E-state index contributed by atoms with van der Waals surface area (Å²) in [6, 6.07) is 3.06. The molecule has 1 aromatic rings. The van der Waals surface area contributed by atoms with Gasteiger partial charge in [0.25, 0.3) is 5.91 Å². The van der Waals surface area contributed by atoms with Crippen molar-refractivity contribution in [3.05, 3.63) is 17.0 Å². The topological polar surface area (TPSA) is 116 Å². The number of hydrogen-bond acceptors (Lipinski definition) is 5. The summed E-state index contributed by atoms with van der Waals surface area (Å²) in [5.41, 5.74) is 0. The van der Waals surface area contributed by atoms with Gasteiger partial charge in [-0.15, -0.1) is 11.3 Å². The second-order valence-corrected chi connectivity index (χ2v) is 4.49. The SMILES string of the molecule is CC(=O)Nc1ccc(C(=O)NC[C@H](O)C(=O)O)s1. The van der Waals surface area contributed by atoms with Gasteiger partial charge in [-0.3, -0.25) is 9.59 Å². The van der Waals surface area contributed by atoms with Crippen molar-refractivity contribution in [3.8, 4) is 0 Å². The molecule has 98 valence electrons. The molecule has 0 saturated carbocycles. The van der Waals surface area contributed by atoms with E-state index in [0.29, 0.717) is 9.88 Å². The van der Waals surface area contributed by atoms with Crippen LogP contribution in [-0.4, -0.2) is 40.6 Å². The molecule has 0 bridgehead atoms. The van der Waals surface area contributed by atoms with Gasteiger partial charge in [0.15, 0.2) is 6.10 Å². The first-order chi connectivity index (χ1) is 8.40. The third-order valence-electron chi connectivity index (χ3n) is 1.87. The molecule has 0 aliphatic heterocycles. The molecule has 1 atom stereocenters. The van der Waals surface area contributed by atoms with Crippen LogP contribution in [-0.2, 0) is 9.59 Å². The number of anilines is 1. The highest BCUT2D eigenvalue weighted by Gasteiger charge is 2.16. The van der Waals surface area contributed by atoms with Crippen LogP contribution >= 0.6 is 11.3 Å². The Morgan fingerprint density at radius 1 is 1.39 bits per heavy atom. The Morgan fingerprint density at radius 2 is 2.06 bits per heavy atom. The van der Waals surface area contributed by atoms with E-state index in [9.17, 15) is 14.4 Å². The van der Waals surface area contributed by atoms with Crippen molar-refractivity contribution in [1.82, 2.24) is 5.32 Å². The fourth-order valence-electron chi connectivity index (χ4n) is 1.06. The lowest BCUT2D eigenvalue weighted by molar-refractivity contribution is -0.146. The Balaban J connectivity index is 2.54. The molecule has 0 aliphatic carbocycles. The van der Waals surface area contributed by atoms with Crippen LogP contribution in [0, 0.1) is 0 Å². The Bertz CT molecular complexity index is 471. The first-order valence-electron chi connectivity index (χ1n) is 4.96. The summed E-state index contributed by atoms with van der Waals surface area (Å²) in [5, 5.41) is 22.7. The van der Waals surface area contributed by atoms with Crippen molar-refractivity contribution >= 4 is 34.1 Å². The van der Waals surface area contributed by atoms with Crippen LogP contribution in [0.3, 0.4) is 0 Å². The Morgan fingerprint density at radius 3 is 2.61 bits per heavy atom. The number of aliphatic carboxylic acids is 1. The van der Waals surface area contributed by atoms with Gasteiger partial charge in [0.2, 0.25) is 5.91 Å². The zero-order valence-electron chi connectivity index (χ0n) is 9.47. The molecule has 1 heterocycles. The van der Waals surface area contributed by atoms with Crippen LogP contribution in [0.5, 0.6) is 0 Å². The van der Waals surface area contributed by atoms with Crippen molar-refractivity contribution in [2.24, 2.45) is 0 Å². The van der Waals surface area contributed by atoms with E-state index in [0.717, 1.165) is 11.3 Å². The first-order valence-corrected chi connectivity index (χ1v) is 5.78. The van der Waals surface area contributed by atoms with Crippen molar-refractivity contribution in [1.29, 1.82) is 0 Å². The molecule has 0 aliphatic rings. The van der Waals surface area contributed by atoms with Crippen molar-refractivity contribution in [3.63, 3.8) is 0 Å². The van der Waals surface area contributed by atoms with E-state index < -0.39 is 18.0 Å². The van der Waals surface area contributed by atoms with Gasteiger partial charge in [0.1, 0.15) is 0 Å². The summed E-state index contributed by atoms with van der Waals surface area (Å²) in [5.74, 6) is -2.15. The monoisotopic (exact) mass is 272 g/mol. The molecule has 0 radical (unpaired) electrons. The van der Waals surface area contributed by atoms with Gasteiger partial charge >= 0.3 is 5.97 Å². The number of aliphatic hydroxyl groups excluding tert-OH is 1. The maximum absolute atomic E-state index is 11.6. The van der Waals surface area contributed by atoms with E-state index in [4.69, 9.17) is 10.2 Å². The number of carbonyl (C=O) groups excluding carboxylic acids is 2. The van der Waals surface area contributed by atoms with E-state index in [-0.39, 0.29) is 12.5 Å². The van der Waals surface area contributed by atoms with E-state index in [2.05, 4.69) is 10.6 Å². The number of aliphatic hydroxyl groups is 1. The number of nitrogens with one attached hydrogen (secondary N) is 2. The number of carboxylic acid groups (broad SMARTS) is 1. The largest absolute Gasteiger partial charge is 0.479 e. The predicted octanol–water partition coefficient (Wildman–Crippen LogP) is -0.118. The molecule has 8 heteroatoms. The molecular weight excluding hydrogens is 260 g/mol. The second kappa shape index (κ2) is 6.12. The first kappa shape index (κ1) is 14.1. The van der Waals surface area contributed by atoms with Gasteiger partial charge in [0.05, 0.1) is 16.4 Å². The molecule has 18 heavy (non-hydrogen) atoms. The molecule has 2 amide bonds. The zero-order valence-corrected chi connectivity index (χ0v) is 10.3. The second-order valence-electron chi connectivity index (χ2n) is 3.41. The Labute approximate surface area is 106 Å². The quantitative estimate of drug-likeness (QED) is 0.596. The predicted molar refractivity (Wildman–Crippen MR) is 64.6 cm³/mol. The lowest BCUT2D eigenvalue weighted by atomic mass is 10.3. The van der Waals surface area contributed by atoms with Gasteiger partial charge < -0.3 is 20.8 Å². The standard InChI is InChI=1S/C10H12N2O5S/c1-5(13)12-8-3-2-7(18-8)9(15)11-4-6(14)10(16)17/h2-3,6,14H,4H2,1H3,(H,11,15)(H,12,13)(H,16,17)/t6-/m0/s1. The molecule has 0 unspecified atom stereocenters. The van der Waals surface area contributed by atoms with Gasteiger partial charge in [-0.2, -0.15) is 0 Å². The van der Waals surface area contributed by atoms with Crippen LogP contribution < -0.4 is 10.6 Å². The number of hydrogen-bond donors (Lipinski definition) is 4. The highest BCUT2D eigenvalue weighted by molar-refractivity contribution is 7.18.